The Morgan fingerprint density at radius 2 is 1.40 bits per heavy atom. The normalized spacial score (nSPS) is 13.0. The van der Waals surface area contributed by atoms with Crippen LogP contribution in [0, 0.1) is 6.92 Å². The van der Waals surface area contributed by atoms with E-state index in [1.165, 1.54) is 11.3 Å². The van der Waals surface area contributed by atoms with E-state index in [1.54, 1.807) is 0 Å². The minimum Gasteiger partial charge on any atom is -0.258 e. The van der Waals surface area contributed by atoms with Crippen molar-refractivity contribution in [1.82, 2.24) is 4.98 Å². The zero-order valence-electron chi connectivity index (χ0n) is 11.1. The molecule has 0 aliphatic carbocycles. The average molecular weight is 205 g/mol. The number of aromatic nitrogens is 1. The third-order valence-corrected chi connectivity index (χ3v) is 2.59. The van der Waals surface area contributed by atoms with Crippen LogP contribution in [0.5, 0.6) is 0 Å². The Morgan fingerprint density at radius 3 is 1.80 bits per heavy atom. The molecule has 0 N–H and O–H groups in total. The molecule has 1 heterocycles. The Balaban J connectivity index is 3.30. The van der Waals surface area contributed by atoms with E-state index in [4.69, 9.17) is 0 Å². The van der Waals surface area contributed by atoms with Gasteiger partial charge in [0.05, 0.1) is 0 Å². The molecule has 0 aliphatic heterocycles. The lowest BCUT2D eigenvalue weighted by Gasteiger charge is -2.24. The summed E-state index contributed by atoms with van der Waals surface area (Å²) < 4.78 is 0. The van der Waals surface area contributed by atoms with Gasteiger partial charge >= 0.3 is 0 Å². The first-order valence-corrected chi connectivity index (χ1v) is 5.60. The fourth-order valence-electron chi connectivity index (χ4n) is 1.49. The molecule has 1 aromatic rings. The number of nitrogens with zero attached hydrogens (tertiary/aromatic N) is 1. The second-order valence-electron chi connectivity index (χ2n) is 6.38. The third kappa shape index (κ3) is 3.05. The van der Waals surface area contributed by atoms with Crippen LogP contribution in [0.1, 0.15) is 58.5 Å². The zero-order chi connectivity index (χ0) is 11.9. The van der Waals surface area contributed by atoms with Crippen molar-refractivity contribution < 1.29 is 0 Å². The molecule has 0 spiro atoms. The van der Waals surface area contributed by atoms with Crippen LogP contribution < -0.4 is 0 Å². The third-order valence-electron chi connectivity index (χ3n) is 2.59. The van der Waals surface area contributed by atoms with Crippen molar-refractivity contribution in [3.05, 3.63) is 29.1 Å². The zero-order valence-corrected chi connectivity index (χ0v) is 11.1. The Labute approximate surface area is 93.9 Å². The van der Waals surface area contributed by atoms with Gasteiger partial charge in [0, 0.05) is 16.8 Å². The van der Waals surface area contributed by atoms with E-state index in [9.17, 15) is 0 Å². The van der Waals surface area contributed by atoms with E-state index in [0.29, 0.717) is 0 Å². The van der Waals surface area contributed by atoms with Crippen LogP contribution in [0.3, 0.4) is 0 Å². The molecule has 0 saturated carbocycles. The smallest absolute Gasteiger partial charge is 0.0463 e. The number of hydrogen-bond acceptors (Lipinski definition) is 1. The van der Waals surface area contributed by atoms with Crippen LogP contribution in [-0.2, 0) is 10.8 Å². The van der Waals surface area contributed by atoms with Gasteiger partial charge in [-0.15, -0.1) is 0 Å². The summed E-state index contributed by atoms with van der Waals surface area (Å²) in [6.07, 6.45) is 0. The lowest BCUT2D eigenvalue weighted by atomic mass is 9.83. The molecular weight excluding hydrogens is 182 g/mol. The van der Waals surface area contributed by atoms with Crippen LogP contribution in [0.15, 0.2) is 12.1 Å². The number of hydrogen-bond donors (Lipinski definition) is 0. The molecule has 1 rings (SSSR count). The van der Waals surface area contributed by atoms with E-state index >= 15 is 0 Å². The van der Waals surface area contributed by atoms with Crippen LogP contribution in [0.25, 0.3) is 0 Å². The average Bonchev–Trinajstić information content (AvgIpc) is 1.99. The number of aryl methyl sites for hydroxylation is 1. The summed E-state index contributed by atoms with van der Waals surface area (Å²) in [4.78, 5) is 4.62. The first-order chi connectivity index (χ1) is 6.60. The molecule has 0 aliphatic rings. The fourth-order valence-corrected chi connectivity index (χ4v) is 1.49. The first-order valence-electron chi connectivity index (χ1n) is 5.60. The van der Waals surface area contributed by atoms with E-state index in [1.807, 2.05) is 0 Å². The predicted octanol–water partition coefficient (Wildman–Crippen LogP) is 3.99. The highest BCUT2D eigenvalue weighted by molar-refractivity contribution is 5.29. The van der Waals surface area contributed by atoms with Crippen LogP contribution in [-0.4, -0.2) is 4.98 Å². The van der Waals surface area contributed by atoms with Gasteiger partial charge in [-0.05, 0) is 30.0 Å². The van der Waals surface area contributed by atoms with Gasteiger partial charge in [-0.25, -0.2) is 0 Å². The highest BCUT2D eigenvalue weighted by Gasteiger charge is 2.20. The molecule has 84 valence electrons. The summed E-state index contributed by atoms with van der Waals surface area (Å²) in [5.41, 5.74) is 4.01. The Hall–Kier alpha value is -0.850. The second kappa shape index (κ2) is 3.62. The maximum absolute atomic E-state index is 4.62. The summed E-state index contributed by atoms with van der Waals surface area (Å²) >= 11 is 0. The molecule has 0 fully saturated rings. The van der Waals surface area contributed by atoms with Crippen LogP contribution in [0.2, 0.25) is 0 Å². The molecule has 0 bridgehead atoms. The number of pyridine rings is 1. The molecule has 0 amide bonds. The molecule has 15 heavy (non-hydrogen) atoms. The summed E-state index contributed by atoms with van der Waals surface area (Å²) in [5.74, 6) is 0. The maximum Gasteiger partial charge on any atom is 0.0463 e. The van der Waals surface area contributed by atoms with Gasteiger partial charge in [-0.1, -0.05) is 41.5 Å². The molecule has 1 heteroatoms. The lowest BCUT2D eigenvalue weighted by Crippen LogP contribution is -2.18. The second-order valence-corrected chi connectivity index (χ2v) is 6.38. The van der Waals surface area contributed by atoms with Gasteiger partial charge in [-0.2, -0.15) is 0 Å². The van der Waals surface area contributed by atoms with Crippen LogP contribution >= 0.6 is 0 Å². The van der Waals surface area contributed by atoms with Gasteiger partial charge in [0.1, 0.15) is 0 Å². The lowest BCUT2D eigenvalue weighted by molar-refractivity contribution is 0.550. The Kier molecular flexibility index (Phi) is 2.95. The Bertz CT molecular complexity index is 318. The van der Waals surface area contributed by atoms with Crippen molar-refractivity contribution in [2.75, 3.05) is 0 Å². The predicted molar refractivity (Wildman–Crippen MR) is 66.4 cm³/mol. The monoisotopic (exact) mass is 205 g/mol. The van der Waals surface area contributed by atoms with Crippen LogP contribution in [0.4, 0.5) is 0 Å². The van der Waals surface area contributed by atoms with E-state index in [-0.39, 0.29) is 10.8 Å². The van der Waals surface area contributed by atoms with Gasteiger partial charge in [0.2, 0.25) is 0 Å². The van der Waals surface area contributed by atoms with Crippen molar-refractivity contribution in [3.8, 4) is 0 Å². The van der Waals surface area contributed by atoms with Crippen molar-refractivity contribution in [1.29, 1.82) is 0 Å². The molecule has 1 aromatic heterocycles. The summed E-state index contributed by atoms with van der Waals surface area (Å²) in [6.45, 7) is 15.4. The van der Waals surface area contributed by atoms with Crippen molar-refractivity contribution in [2.45, 2.75) is 59.3 Å². The highest BCUT2D eigenvalue weighted by atomic mass is 14.7. The molecule has 0 atom stereocenters. The molecule has 0 saturated heterocycles. The molecule has 0 aromatic carbocycles. The van der Waals surface area contributed by atoms with Gasteiger partial charge < -0.3 is 0 Å². The van der Waals surface area contributed by atoms with E-state index in [0.717, 1.165) is 5.69 Å². The molecule has 1 nitrogen and oxygen atoms in total. The standard InChI is InChI=1S/C14H23N/c1-10-8-11(13(2,3)4)9-12(15-10)14(5,6)7/h8-9H,1-7H3. The van der Waals surface area contributed by atoms with Crippen molar-refractivity contribution in [2.24, 2.45) is 0 Å². The highest BCUT2D eigenvalue weighted by Crippen LogP contribution is 2.27. The van der Waals surface area contributed by atoms with E-state index in [2.05, 4.69) is 65.6 Å². The SMILES string of the molecule is Cc1cc(C(C)(C)C)cc(C(C)(C)C)n1. The summed E-state index contributed by atoms with van der Waals surface area (Å²) in [6, 6.07) is 4.43. The van der Waals surface area contributed by atoms with E-state index < -0.39 is 0 Å². The van der Waals surface area contributed by atoms with Gasteiger partial charge in [-0.3, -0.25) is 4.98 Å². The Morgan fingerprint density at radius 1 is 0.867 bits per heavy atom. The molecular formula is C14H23N. The minimum atomic E-state index is 0.131. The first kappa shape index (κ1) is 12.2. The molecule has 0 radical (unpaired) electrons. The topological polar surface area (TPSA) is 12.9 Å². The van der Waals surface area contributed by atoms with Gasteiger partial charge in [0.25, 0.3) is 0 Å². The largest absolute Gasteiger partial charge is 0.258 e. The molecule has 0 unspecified atom stereocenters. The maximum atomic E-state index is 4.62. The number of rotatable bonds is 0. The van der Waals surface area contributed by atoms with Gasteiger partial charge in [0.15, 0.2) is 0 Å². The quantitative estimate of drug-likeness (QED) is 0.624. The fraction of sp³-hybridized carbons (Fsp3) is 0.643. The van der Waals surface area contributed by atoms with Crippen molar-refractivity contribution in [3.63, 3.8) is 0 Å². The summed E-state index contributed by atoms with van der Waals surface area (Å²) in [5, 5.41) is 0. The summed E-state index contributed by atoms with van der Waals surface area (Å²) in [7, 11) is 0. The minimum absolute atomic E-state index is 0.131. The van der Waals surface area contributed by atoms with Crippen molar-refractivity contribution >= 4 is 0 Å².